The molecule has 2 aromatic carbocycles. The molecule has 0 saturated heterocycles. The lowest BCUT2D eigenvalue weighted by Gasteiger charge is -2.09. The minimum absolute atomic E-state index is 0.00137. The number of halogens is 1. The summed E-state index contributed by atoms with van der Waals surface area (Å²) in [6.45, 7) is 2.55. The SMILES string of the molecule is Cc1ccccc1OCCCC(=O)Nc1cccc(Br)c1. The highest BCUT2D eigenvalue weighted by Crippen LogP contribution is 2.17. The van der Waals surface area contributed by atoms with Crippen molar-refractivity contribution >= 4 is 27.5 Å². The van der Waals surface area contributed by atoms with E-state index in [-0.39, 0.29) is 5.91 Å². The van der Waals surface area contributed by atoms with Gasteiger partial charge in [0.2, 0.25) is 5.91 Å². The van der Waals surface area contributed by atoms with Crippen LogP contribution in [0.15, 0.2) is 53.0 Å². The highest BCUT2D eigenvalue weighted by molar-refractivity contribution is 9.10. The molecule has 0 heterocycles. The Balaban J connectivity index is 1.71. The summed E-state index contributed by atoms with van der Waals surface area (Å²) in [5.41, 5.74) is 1.91. The predicted molar refractivity (Wildman–Crippen MR) is 88.7 cm³/mol. The summed E-state index contributed by atoms with van der Waals surface area (Å²) in [5, 5.41) is 2.87. The quantitative estimate of drug-likeness (QED) is 0.778. The zero-order valence-corrected chi connectivity index (χ0v) is 13.5. The Morgan fingerprint density at radius 3 is 2.76 bits per heavy atom. The molecule has 21 heavy (non-hydrogen) atoms. The van der Waals surface area contributed by atoms with Crippen LogP contribution in [0.1, 0.15) is 18.4 Å². The van der Waals surface area contributed by atoms with Crippen molar-refractivity contribution in [2.45, 2.75) is 19.8 Å². The second-order valence-corrected chi connectivity index (χ2v) is 5.69. The van der Waals surface area contributed by atoms with Gasteiger partial charge in [0.25, 0.3) is 0 Å². The van der Waals surface area contributed by atoms with Gasteiger partial charge in [0, 0.05) is 16.6 Å². The van der Waals surface area contributed by atoms with Gasteiger partial charge in [0.05, 0.1) is 6.61 Å². The number of ether oxygens (including phenoxy) is 1. The van der Waals surface area contributed by atoms with Gasteiger partial charge in [-0.05, 0) is 43.2 Å². The number of hydrogen-bond donors (Lipinski definition) is 1. The third-order valence-electron chi connectivity index (χ3n) is 3.01. The number of rotatable bonds is 6. The molecule has 0 radical (unpaired) electrons. The van der Waals surface area contributed by atoms with Gasteiger partial charge in [-0.3, -0.25) is 4.79 Å². The molecule has 0 bridgehead atoms. The number of amides is 1. The van der Waals surface area contributed by atoms with Gasteiger partial charge in [-0.25, -0.2) is 0 Å². The average Bonchev–Trinajstić information content (AvgIpc) is 2.45. The van der Waals surface area contributed by atoms with E-state index in [0.717, 1.165) is 21.5 Å². The highest BCUT2D eigenvalue weighted by atomic mass is 79.9. The Hall–Kier alpha value is -1.81. The zero-order valence-electron chi connectivity index (χ0n) is 11.9. The number of carbonyl (C=O) groups excluding carboxylic acids is 1. The van der Waals surface area contributed by atoms with Gasteiger partial charge in [-0.15, -0.1) is 0 Å². The van der Waals surface area contributed by atoms with E-state index in [2.05, 4.69) is 21.2 Å². The van der Waals surface area contributed by atoms with Crippen LogP contribution in [0.4, 0.5) is 5.69 Å². The molecule has 110 valence electrons. The van der Waals surface area contributed by atoms with Gasteiger partial charge >= 0.3 is 0 Å². The topological polar surface area (TPSA) is 38.3 Å². The third-order valence-corrected chi connectivity index (χ3v) is 3.50. The first-order valence-corrected chi connectivity index (χ1v) is 7.68. The molecule has 0 aliphatic heterocycles. The van der Waals surface area contributed by atoms with Crippen LogP contribution < -0.4 is 10.1 Å². The van der Waals surface area contributed by atoms with E-state index >= 15 is 0 Å². The first-order chi connectivity index (χ1) is 10.1. The van der Waals surface area contributed by atoms with Crippen LogP contribution in [0.3, 0.4) is 0 Å². The summed E-state index contributed by atoms with van der Waals surface area (Å²) in [6, 6.07) is 15.4. The second kappa shape index (κ2) is 7.84. The fourth-order valence-corrected chi connectivity index (χ4v) is 2.32. The fourth-order valence-electron chi connectivity index (χ4n) is 1.92. The van der Waals surface area contributed by atoms with E-state index in [1.807, 2.05) is 55.5 Å². The minimum atomic E-state index is 0.00137. The molecule has 1 N–H and O–H groups in total. The Kier molecular flexibility index (Phi) is 5.81. The average molecular weight is 348 g/mol. The highest BCUT2D eigenvalue weighted by Gasteiger charge is 2.03. The molecule has 3 nitrogen and oxygen atoms in total. The number of benzene rings is 2. The zero-order chi connectivity index (χ0) is 15.1. The van der Waals surface area contributed by atoms with Gasteiger partial charge < -0.3 is 10.1 Å². The summed E-state index contributed by atoms with van der Waals surface area (Å²) >= 11 is 3.38. The van der Waals surface area contributed by atoms with Crippen molar-refractivity contribution in [2.24, 2.45) is 0 Å². The van der Waals surface area contributed by atoms with E-state index in [1.54, 1.807) is 0 Å². The Morgan fingerprint density at radius 1 is 1.19 bits per heavy atom. The lowest BCUT2D eigenvalue weighted by molar-refractivity contribution is -0.116. The number of carbonyl (C=O) groups is 1. The second-order valence-electron chi connectivity index (χ2n) is 4.78. The fraction of sp³-hybridized carbons (Fsp3) is 0.235. The van der Waals surface area contributed by atoms with Crippen molar-refractivity contribution in [3.63, 3.8) is 0 Å². The first kappa shape index (κ1) is 15.6. The van der Waals surface area contributed by atoms with E-state index < -0.39 is 0 Å². The maximum atomic E-state index is 11.8. The standard InChI is InChI=1S/C17H18BrNO2/c1-13-6-2-3-9-16(13)21-11-5-10-17(20)19-15-8-4-7-14(18)12-15/h2-4,6-9,12H,5,10-11H2,1H3,(H,19,20). The van der Waals surface area contributed by atoms with Crippen LogP contribution in [0, 0.1) is 6.92 Å². The van der Waals surface area contributed by atoms with Crippen molar-refractivity contribution in [3.05, 3.63) is 58.6 Å². The summed E-state index contributed by atoms with van der Waals surface area (Å²) < 4.78 is 6.62. The lowest BCUT2D eigenvalue weighted by Crippen LogP contribution is -2.12. The molecule has 0 atom stereocenters. The van der Waals surface area contributed by atoms with E-state index in [1.165, 1.54) is 0 Å². The number of hydrogen-bond acceptors (Lipinski definition) is 2. The largest absolute Gasteiger partial charge is 0.493 e. The molecule has 0 aliphatic carbocycles. The smallest absolute Gasteiger partial charge is 0.224 e. The molecule has 0 spiro atoms. The van der Waals surface area contributed by atoms with Crippen molar-refractivity contribution in [1.29, 1.82) is 0 Å². The maximum Gasteiger partial charge on any atom is 0.224 e. The number of anilines is 1. The molecule has 0 fully saturated rings. The van der Waals surface area contributed by atoms with Crippen molar-refractivity contribution in [3.8, 4) is 5.75 Å². The normalized spacial score (nSPS) is 10.2. The first-order valence-electron chi connectivity index (χ1n) is 6.89. The van der Waals surface area contributed by atoms with Crippen LogP contribution >= 0.6 is 15.9 Å². The van der Waals surface area contributed by atoms with Gasteiger partial charge in [-0.1, -0.05) is 40.2 Å². The summed E-state index contributed by atoms with van der Waals surface area (Å²) in [7, 11) is 0. The van der Waals surface area contributed by atoms with Crippen LogP contribution in [-0.2, 0) is 4.79 Å². The van der Waals surface area contributed by atoms with Gasteiger partial charge in [0.15, 0.2) is 0 Å². The maximum absolute atomic E-state index is 11.8. The molecule has 0 saturated carbocycles. The van der Waals surface area contributed by atoms with E-state index in [4.69, 9.17) is 4.74 Å². The van der Waals surface area contributed by atoms with Crippen molar-refractivity contribution < 1.29 is 9.53 Å². The third kappa shape index (κ3) is 5.23. The molecule has 4 heteroatoms. The molecule has 2 rings (SSSR count). The Labute approximate surface area is 133 Å². The summed E-state index contributed by atoms with van der Waals surface area (Å²) in [5.74, 6) is 0.881. The Bertz CT molecular complexity index is 613. The minimum Gasteiger partial charge on any atom is -0.493 e. The number of para-hydroxylation sites is 1. The summed E-state index contributed by atoms with van der Waals surface area (Å²) in [6.07, 6.45) is 1.13. The monoisotopic (exact) mass is 347 g/mol. The molecule has 2 aromatic rings. The van der Waals surface area contributed by atoms with Crippen molar-refractivity contribution in [2.75, 3.05) is 11.9 Å². The molecular weight excluding hydrogens is 330 g/mol. The predicted octanol–water partition coefficient (Wildman–Crippen LogP) is 4.56. The van der Waals surface area contributed by atoms with Gasteiger partial charge in [-0.2, -0.15) is 0 Å². The van der Waals surface area contributed by atoms with E-state index in [0.29, 0.717) is 19.4 Å². The molecule has 0 aliphatic rings. The Morgan fingerprint density at radius 2 is 2.00 bits per heavy atom. The van der Waals surface area contributed by atoms with Crippen LogP contribution in [0.25, 0.3) is 0 Å². The molecule has 1 amide bonds. The number of nitrogens with one attached hydrogen (secondary N) is 1. The van der Waals surface area contributed by atoms with Crippen molar-refractivity contribution in [1.82, 2.24) is 0 Å². The van der Waals surface area contributed by atoms with Crippen LogP contribution in [0.2, 0.25) is 0 Å². The molecule has 0 aromatic heterocycles. The van der Waals surface area contributed by atoms with Gasteiger partial charge in [0.1, 0.15) is 5.75 Å². The lowest BCUT2D eigenvalue weighted by atomic mass is 10.2. The molecule has 0 unspecified atom stereocenters. The number of aryl methyl sites for hydroxylation is 1. The van der Waals surface area contributed by atoms with E-state index in [9.17, 15) is 4.79 Å². The van der Waals surface area contributed by atoms with Crippen LogP contribution in [0.5, 0.6) is 5.75 Å². The molecular formula is C17H18BrNO2. The summed E-state index contributed by atoms with van der Waals surface area (Å²) in [4.78, 5) is 11.8. The van der Waals surface area contributed by atoms with Crippen LogP contribution in [-0.4, -0.2) is 12.5 Å².